The maximum atomic E-state index is 14.0. The van der Waals surface area contributed by atoms with Gasteiger partial charge in [0.05, 0.1) is 6.54 Å². The number of hydrogen-bond acceptors (Lipinski definition) is 5. The average Bonchev–Trinajstić information content (AvgIpc) is 2.92. The van der Waals surface area contributed by atoms with Crippen molar-refractivity contribution >= 4 is 33.8 Å². The summed E-state index contributed by atoms with van der Waals surface area (Å²) < 4.78 is 39.2. The van der Waals surface area contributed by atoms with Crippen LogP contribution in [0.1, 0.15) is 49.5 Å². The Hall–Kier alpha value is -2.03. The maximum Gasteiger partial charge on any atom is 0.411 e. The Bertz CT molecular complexity index is 852. The fraction of sp³-hybridized carbons (Fsp3) is 0.550. The van der Waals surface area contributed by atoms with Gasteiger partial charge in [-0.3, -0.25) is 9.69 Å². The molecule has 1 unspecified atom stereocenters. The van der Waals surface area contributed by atoms with Crippen molar-refractivity contribution in [1.82, 2.24) is 4.90 Å². The van der Waals surface area contributed by atoms with Crippen LogP contribution in [0.5, 0.6) is 0 Å². The van der Waals surface area contributed by atoms with E-state index in [2.05, 4.69) is 15.9 Å². The molecule has 1 aromatic rings. The van der Waals surface area contributed by atoms with E-state index in [-0.39, 0.29) is 12.2 Å². The highest BCUT2D eigenvalue weighted by Gasteiger charge is 2.52. The zero-order chi connectivity index (χ0) is 21.6. The molecule has 29 heavy (non-hydrogen) atoms. The minimum Gasteiger partial charge on any atom is -0.452 e. The number of Topliss-reactive ketones (excluding diaryl/α,β-unsaturated/α-hetero) is 1. The van der Waals surface area contributed by atoms with Gasteiger partial charge in [0, 0.05) is 16.5 Å². The lowest BCUT2D eigenvalue weighted by molar-refractivity contribution is -0.152. The van der Waals surface area contributed by atoms with Crippen molar-refractivity contribution in [1.29, 1.82) is 0 Å². The minimum atomic E-state index is -3.24. The Morgan fingerprint density at radius 3 is 2.62 bits per heavy atom. The summed E-state index contributed by atoms with van der Waals surface area (Å²) in [5.74, 6) is -4.64. The van der Waals surface area contributed by atoms with Crippen molar-refractivity contribution in [2.24, 2.45) is 0 Å². The van der Waals surface area contributed by atoms with Gasteiger partial charge in [-0.2, -0.15) is 0 Å². The summed E-state index contributed by atoms with van der Waals surface area (Å²) in [5, 5.41) is 0. The van der Waals surface area contributed by atoms with Crippen LogP contribution < -0.4 is 0 Å². The van der Waals surface area contributed by atoms with Gasteiger partial charge in [-0.25, -0.2) is 18.4 Å². The van der Waals surface area contributed by atoms with Gasteiger partial charge in [0.25, 0.3) is 5.92 Å². The third-order valence-electron chi connectivity index (χ3n) is 4.73. The molecule has 1 aromatic carbocycles. The molecule has 0 aromatic heterocycles. The summed E-state index contributed by atoms with van der Waals surface area (Å²) in [6.45, 7) is 3.87. The molecular formula is C20H22BrF2NO5. The number of aryl methyl sites for hydroxylation is 1. The van der Waals surface area contributed by atoms with Crippen molar-refractivity contribution in [2.45, 2.75) is 63.7 Å². The quantitative estimate of drug-likeness (QED) is 0.603. The first-order chi connectivity index (χ1) is 13.4. The lowest BCUT2D eigenvalue weighted by atomic mass is 9.88. The van der Waals surface area contributed by atoms with Crippen LogP contribution in [0.15, 0.2) is 22.7 Å². The highest BCUT2D eigenvalue weighted by atomic mass is 79.9. The van der Waals surface area contributed by atoms with E-state index in [1.807, 2.05) is 6.07 Å². The van der Waals surface area contributed by atoms with Gasteiger partial charge in [0.2, 0.25) is 5.78 Å². The number of carbonyl (C=O) groups is 3. The number of rotatable bonds is 2. The second kappa shape index (κ2) is 7.66. The first-order valence-electron chi connectivity index (χ1n) is 9.27. The van der Waals surface area contributed by atoms with E-state index in [4.69, 9.17) is 9.47 Å². The number of benzene rings is 1. The Morgan fingerprint density at radius 1 is 1.28 bits per heavy atom. The van der Waals surface area contributed by atoms with Crippen molar-refractivity contribution in [3.8, 4) is 0 Å². The first-order valence-corrected chi connectivity index (χ1v) is 10.1. The maximum absolute atomic E-state index is 14.0. The van der Waals surface area contributed by atoms with Crippen molar-refractivity contribution < 1.29 is 32.6 Å². The molecule has 0 saturated carbocycles. The SMILES string of the molecule is CC(C)(C)OC(=O)N1CC(F)(F)C[C@H]1C(=O)OC1CCc2cc(Br)ccc2C1=O. The molecular weight excluding hydrogens is 452 g/mol. The smallest absolute Gasteiger partial charge is 0.411 e. The molecule has 1 fully saturated rings. The topological polar surface area (TPSA) is 72.9 Å². The van der Waals surface area contributed by atoms with Gasteiger partial charge in [-0.1, -0.05) is 15.9 Å². The second-order valence-electron chi connectivity index (χ2n) is 8.31. The van der Waals surface area contributed by atoms with Crippen LogP contribution in [0.25, 0.3) is 0 Å². The monoisotopic (exact) mass is 473 g/mol. The lowest BCUT2D eigenvalue weighted by Gasteiger charge is -2.29. The number of carbonyl (C=O) groups excluding carboxylic acids is 3. The number of fused-ring (bicyclic) bond motifs is 1. The number of ketones is 1. The Balaban J connectivity index is 1.74. The molecule has 1 amide bonds. The molecule has 1 aliphatic heterocycles. The Kier molecular flexibility index (Phi) is 5.73. The van der Waals surface area contributed by atoms with E-state index in [0.29, 0.717) is 16.9 Å². The molecule has 1 heterocycles. The van der Waals surface area contributed by atoms with Gasteiger partial charge in [-0.15, -0.1) is 0 Å². The van der Waals surface area contributed by atoms with Crippen molar-refractivity contribution in [2.75, 3.05) is 6.54 Å². The Labute approximate surface area is 175 Å². The number of amides is 1. The standard InChI is InChI=1S/C20H22BrF2NO5/c1-19(2,3)29-18(27)24-10-20(22,23)9-14(24)17(26)28-15-7-4-11-8-12(21)5-6-13(11)16(15)25/h5-6,8,14-15H,4,7,9-10H2,1-3H3/t14-,15?/m0/s1. The Morgan fingerprint density at radius 2 is 1.97 bits per heavy atom. The molecule has 0 N–H and O–H groups in total. The zero-order valence-corrected chi connectivity index (χ0v) is 17.9. The fourth-order valence-corrected chi connectivity index (χ4v) is 3.88. The fourth-order valence-electron chi connectivity index (χ4n) is 3.47. The van der Waals surface area contributed by atoms with Crippen LogP contribution in [0.3, 0.4) is 0 Å². The van der Waals surface area contributed by atoms with Crippen LogP contribution in [0.2, 0.25) is 0 Å². The molecule has 6 nitrogen and oxygen atoms in total. The molecule has 0 bridgehead atoms. The van der Waals surface area contributed by atoms with Gasteiger partial charge in [0.1, 0.15) is 11.6 Å². The average molecular weight is 474 g/mol. The molecule has 1 saturated heterocycles. The molecule has 158 valence electrons. The molecule has 2 aliphatic rings. The van der Waals surface area contributed by atoms with Gasteiger partial charge < -0.3 is 9.47 Å². The van der Waals surface area contributed by atoms with Crippen molar-refractivity contribution in [3.05, 3.63) is 33.8 Å². The largest absolute Gasteiger partial charge is 0.452 e. The molecule has 0 radical (unpaired) electrons. The van der Waals surface area contributed by atoms with Crippen LogP contribution >= 0.6 is 15.9 Å². The number of ether oxygens (including phenoxy) is 2. The van der Waals surface area contributed by atoms with Gasteiger partial charge in [-0.05, 0) is 57.4 Å². The van der Waals surface area contributed by atoms with Crippen LogP contribution in [0.4, 0.5) is 13.6 Å². The third kappa shape index (κ3) is 4.94. The predicted octanol–water partition coefficient (Wildman–Crippen LogP) is 4.13. The van der Waals surface area contributed by atoms with E-state index < -0.39 is 48.7 Å². The first kappa shape index (κ1) is 21.7. The number of halogens is 3. The number of hydrogen-bond donors (Lipinski definition) is 0. The van der Waals surface area contributed by atoms with Crippen molar-refractivity contribution in [3.63, 3.8) is 0 Å². The summed E-state index contributed by atoms with van der Waals surface area (Å²) >= 11 is 3.34. The number of esters is 1. The number of nitrogens with zero attached hydrogens (tertiary/aromatic N) is 1. The second-order valence-corrected chi connectivity index (χ2v) is 9.23. The summed E-state index contributed by atoms with van der Waals surface area (Å²) in [6, 6.07) is 3.67. The molecule has 2 atom stereocenters. The van der Waals surface area contributed by atoms with Crippen LogP contribution in [-0.4, -0.2) is 53.0 Å². The molecule has 1 aliphatic carbocycles. The third-order valence-corrected chi connectivity index (χ3v) is 5.22. The summed E-state index contributed by atoms with van der Waals surface area (Å²) in [5.41, 5.74) is 0.373. The number of alkyl halides is 2. The van der Waals surface area contributed by atoms with E-state index in [1.165, 1.54) is 0 Å². The molecule has 3 rings (SSSR count). The van der Waals surface area contributed by atoms with E-state index in [1.54, 1.807) is 32.9 Å². The highest BCUT2D eigenvalue weighted by Crippen LogP contribution is 2.34. The molecule has 9 heteroatoms. The van der Waals surface area contributed by atoms with Crippen LogP contribution in [0, 0.1) is 0 Å². The lowest BCUT2D eigenvalue weighted by Crippen LogP contribution is -2.46. The number of likely N-dealkylation sites (tertiary alicyclic amines) is 1. The van der Waals surface area contributed by atoms with E-state index in [9.17, 15) is 23.2 Å². The summed E-state index contributed by atoms with van der Waals surface area (Å²) in [4.78, 5) is 38.3. The summed E-state index contributed by atoms with van der Waals surface area (Å²) in [6.07, 6.45) is -2.18. The zero-order valence-electron chi connectivity index (χ0n) is 16.3. The van der Waals surface area contributed by atoms with E-state index in [0.717, 1.165) is 10.0 Å². The van der Waals surface area contributed by atoms with E-state index >= 15 is 0 Å². The minimum absolute atomic E-state index is 0.254. The normalized spacial score (nSPS) is 23.5. The predicted molar refractivity (Wildman–Crippen MR) is 103 cm³/mol. The molecule has 0 spiro atoms. The van der Waals surface area contributed by atoms with Crippen LogP contribution in [-0.2, 0) is 20.7 Å². The van der Waals surface area contributed by atoms with Gasteiger partial charge in [0.15, 0.2) is 6.10 Å². The highest BCUT2D eigenvalue weighted by molar-refractivity contribution is 9.10. The van der Waals surface area contributed by atoms with Gasteiger partial charge >= 0.3 is 12.1 Å². The summed E-state index contributed by atoms with van der Waals surface area (Å²) in [7, 11) is 0.